The van der Waals surface area contributed by atoms with E-state index in [1.54, 1.807) is 0 Å². The lowest BCUT2D eigenvalue weighted by atomic mass is 9.99. The molecule has 0 aliphatic carbocycles. The summed E-state index contributed by atoms with van der Waals surface area (Å²) in [6, 6.07) is 48.2. The van der Waals surface area contributed by atoms with Gasteiger partial charge >= 0.3 is 0 Å². The molecule has 0 saturated heterocycles. The summed E-state index contributed by atoms with van der Waals surface area (Å²) < 4.78 is 1.03. The molecule has 176 valence electrons. The molecule has 0 aliphatic heterocycles. The van der Waals surface area contributed by atoms with Crippen molar-refractivity contribution < 1.29 is 0 Å². The minimum Gasteiger partial charge on any atom is -0.228 e. The van der Waals surface area contributed by atoms with Gasteiger partial charge in [0.2, 0.25) is 0 Å². The summed E-state index contributed by atoms with van der Waals surface area (Å²) in [5, 5.41) is 0. The summed E-state index contributed by atoms with van der Waals surface area (Å²) in [7, 11) is 0. The zero-order valence-corrected chi connectivity index (χ0v) is 21.6. The molecule has 0 spiro atoms. The van der Waals surface area contributed by atoms with Crippen molar-refractivity contribution in [2.75, 3.05) is 0 Å². The number of nitrogens with zero attached hydrogens (tertiary/aromatic N) is 2. The number of halogens is 1. The minimum atomic E-state index is 0.704. The van der Waals surface area contributed by atoms with Crippen molar-refractivity contribution in [2.24, 2.45) is 0 Å². The Morgan fingerprint density at radius 1 is 0.351 bits per heavy atom. The van der Waals surface area contributed by atoms with Gasteiger partial charge in [0.05, 0.1) is 11.4 Å². The van der Waals surface area contributed by atoms with Crippen LogP contribution in [0, 0.1) is 0 Å². The van der Waals surface area contributed by atoms with Crippen molar-refractivity contribution in [1.82, 2.24) is 9.97 Å². The Balaban J connectivity index is 1.50. The maximum Gasteiger partial charge on any atom is 0.160 e. The molecule has 2 nitrogen and oxygen atoms in total. The molecule has 3 heteroatoms. The largest absolute Gasteiger partial charge is 0.228 e. The van der Waals surface area contributed by atoms with E-state index in [1.165, 1.54) is 11.1 Å². The van der Waals surface area contributed by atoms with Crippen LogP contribution in [-0.4, -0.2) is 9.97 Å². The molecule has 0 radical (unpaired) electrons. The van der Waals surface area contributed by atoms with Crippen LogP contribution in [0.25, 0.3) is 56.2 Å². The normalized spacial score (nSPS) is 10.8. The van der Waals surface area contributed by atoms with Gasteiger partial charge < -0.3 is 0 Å². The van der Waals surface area contributed by atoms with Gasteiger partial charge in [0.15, 0.2) is 5.82 Å². The number of hydrogen-bond donors (Lipinski definition) is 0. The second-order valence-corrected chi connectivity index (χ2v) is 9.78. The van der Waals surface area contributed by atoms with Crippen LogP contribution in [0.2, 0.25) is 0 Å². The van der Waals surface area contributed by atoms with Gasteiger partial charge in [-0.3, -0.25) is 0 Å². The summed E-state index contributed by atoms with van der Waals surface area (Å²) in [4.78, 5) is 10.0. The summed E-state index contributed by atoms with van der Waals surface area (Å²) >= 11 is 3.54. The molecule has 0 atom stereocenters. The van der Waals surface area contributed by atoms with Gasteiger partial charge in [-0.15, -0.1) is 0 Å². The molecule has 0 N–H and O–H groups in total. The first kappa shape index (κ1) is 23.1. The summed E-state index contributed by atoms with van der Waals surface area (Å²) in [5.41, 5.74) is 9.57. The molecule has 0 aliphatic rings. The van der Waals surface area contributed by atoms with Crippen LogP contribution in [0.4, 0.5) is 0 Å². The second-order valence-electron chi connectivity index (χ2n) is 8.86. The maximum atomic E-state index is 5.02. The van der Waals surface area contributed by atoms with Gasteiger partial charge in [0.1, 0.15) is 0 Å². The highest BCUT2D eigenvalue weighted by Crippen LogP contribution is 2.32. The van der Waals surface area contributed by atoms with E-state index in [1.807, 2.05) is 36.4 Å². The third kappa shape index (κ3) is 5.13. The molecule has 0 saturated carbocycles. The van der Waals surface area contributed by atoms with Crippen molar-refractivity contribution >= 4 is 15.9 Å². The molecule has 6 aromatic rings. The first-order chi connectivity index (χ1) is 18.2. The standard InChI is InChI=1S/C34H23BrN2/c35-31-19-17-26(18-20-31)34-36-32(29-15-7-13-27(21-29)24-9-3-1-4-10-24)23-33(37-34)30-16-8-14-28(22-30)25-11-5-2-6-12-25/h1-23H. The summed E-state index contributed by atoms with van der Waals surface area (Å²) in [6.45, 7) is 0. The number of aromatic nitrogens is 2. The Bertz CT molecular complexity index is 1560. The molecular formula is C34H23BrN2. The minimum absolute atomic E-state index is 0.704. The smallest absolute Gasteiger partial charge is 0.160 e. The Hall–Kier alpha value is -4.34. The molecule has 0 unspecified atom stereocenters. The molecule has 1 aromatic heterocycles. The second kappa shape index (κ2) is 10.3. The van der Waals surface area contributed by atoms with Crippen LogP contribution in [0.3, 0.4) is 0 Å². The lowest BCUT2D eigenvalue weighted by molar-refractivity contribution is 1.18. The van der Waals surface area contributed by atoms with E-state index in [9.17, 15) is 0 Å². The van der Waals surface area contributed by atoms with Gasteiger partial charge in [-0.1, -0.05) is 125 Å². The maximum absolute atomic E-state index is 5.02. The van der Waals surface area contributed by atoms with E-state index < -0.39 is 0 Å². The zero-order chi connectivity index (χ0) is 25.0. The van der Waals surface area contributed by atoms with E-state index in [4.69, 9.17) is 9.97 Å². The number of benzene rings is 5. The molecule has 0 amide bonds. The Morgan fingerprint density at radius 2 is 0.784 bits per heavy atom. The summed E-state index contributed by atoms with van der Waals surface area (Å²) in [6.07, 6.45) is 0. The number of hydrogen-bond acceptors (Lipinski definition) is 2. The van der Waals surface area contributed by atoms with Crippen molar-refractivity contribution in [1.29, 1.82) is 0 Å². The van der Waals surface area contributed by atoms with Crippen LogP contribution in [0.15, 0.2) is 144 Å². The molecule has 6 rings (SSSR count). The predicted octanol–water partition coefficient (Wildman–Crippen LogP) is 9.57. The fraction of sp³-hybridized carbons (Fsp3) is 0. The van der Waals surface area contributed by atoms with Crippen LogP contribution in [0.1, 0.15) is 0 Å². The molecule has 5 aromatic carbocycles. The quantitative estimate of drug-likeness (QED) is 0.218. The zero-order valence-electron chi connectivity index (χ0n) is 20.1. The van der Waals surface area contributed by atoms with Gasteiger partial charge in [-0.2, -0.15) is 0 Å². The van der Waals surface area contributed by atoms with Crippen molar-refractivity contribution in [2.45, 2.75) is 0 Å². The van der Waals surface area contributed by atoms with Crippen LogP contribution in [-0.2, 0) is 0 Å². The van der Waals surface area contributed by atoms with Gasteiger partial charge in [0.25, 0.3) is 0 Å². The molecular weight excluding hydrogens is 516 g/mol. The average molecular weight is 539 g/mol. The Labute approximate surface area is 225 Å². The van der Waals surface area contributed by atoms with Crippen molar-refractivity contribution in [3.63, 3.8) is 0 Å². The fourth-order valence-corrected chi connectivity index (χ4v) is 4.71. The van der Waals surface area contributed by atoms with E-state index in [0.717, 1.165) is 43.7 Å². The average Bonchev–Trinajstić information content (AvgIpc) is 2.98. The monoisotopic (exact) mass is 538 g/mol. The third-order valence-corrected chi connectivity index (χ3v) is 6.89. The highest BCUT2D eigenvalue weighted by Gasteiger charge is 2.12. The van der Waals surface area contributed by atoms with E-state index >= 15 is 0 Å². The molecule has 0 fully saturated rings. The Kier molecular flexibility index (Phi) is 6.45. The van der Waals surface area contributed by atoms with Crippen molar-refractivity contribution in [3.8, 4) is 56.2 Å². The van der Waals surface area contributed by atoms with Gasteiger partial charge in [-0.25, -0.2) is 9.97 Å². The predicted molar refractivity (Wildman–Crippen MR) is 157 cm³/mol. The third-order valence-electron chi connectivity index (χ3n) is 6.36. The van der Waals surface area contributed by atoms with Gasteiger partial charge in [-0.05, 0) is 52.6 Å². The topological polar surface area (TPSA) is 25.8 Å². The molecule has 0 bridgehead atoms. The molecule has 37 heavy (non-hydrogen) atoms. The lowest BCUT2D eigenvalue weighted by Gasteiger charge is -2.11. The van der Waals surface area contributed by atoms with Gasteiger partial charge in [0, 0.05) is 21.2 Å². The van der Waals surface area contributed by atoms with E-state index in [2.05, 4.69) is 119 Å². The first-order valence-electron chi connectivity index (χ1n) is 12.2. The molecule has 1 heterocycles. The SMILES string of the molecule is Brc1ccc(-c2nc(-c3cccc(-c4ccccc4)c3)cc(-c3cccc(-c4ccccc4)c3)n2)cc1. The lowest BCUT2D eigenvalue weighted by Crippen LogP contribution is -1.96. The highest BCUT2D eigenvalue weighted by molar-refractivity contribution is 9.10. The first-order valence-corrected chi connectivity index (χ1v) is 13.0. The van der Waals surface area contributed by atoms with E-state index in [0.29, 0.717) is 5.82 Å². The highest BCUT2D eigenvalue weighted by atomic mass is 79.9. The van der Waals surface area contributed by atoms with E-state index in [-0.39, 0.29) is 0 Å². The van der Waals surface area contributed by atoms with Crippen LogP contribution < -0.4 is 0 Å². The van der Waals surface area contributed by atoms with Crippen molar-refractivity contribution in [3.05, 3.63) is 144 Å². The Morgan fingerprint density at radius 3 is 1.27 bits per heavy atom. The van der Waals surface area contributed by atoms with Crippen LogP contribution >= 0.6 is 15.9 Å². The summed E-state index contributed by atoms with van der Waals surface area (Å²) in [5.74, 6) is 0.704. The van der Waals surface area contributed by atoms with Crippen LogP contribution in [0.5, 0.6) is 0 Å². The fourth-order valence-electron chi connectivity index (χ4n) is 4.45. The number of rotatable bonds is 5.